The molecule has 0 atom stereocenters. The lowest BCUT2D eigenvalue weighted by Gasteiger charge is -2.22. The Hall–Kier alpha value is -1.98. The summed E-state index contributed by atoms with van der Waals surface area (Å²) in [6.07, 6.45) is -4.79. The smallest absolute Gasteiger partial charge is 0.431 e. The molecule has 11 heteroatoms. The molecule has 0 saturated carbocycles. The molecule has 2 heterocycles. The van der Waals surface area contributed by atoms with Gasteiger partial charge in [-0.15, -0.1) is 0 Å². The van der Waals surface area contributed by atoms with Gasteiger partial charge in [0.05, 0.1) is 31.5 Å². The summed E-state index contributed by atoms with van der Waals surface area (Å²) in [4.78, 5) is 24.7. The van der Waals surface area contributed by atoms with Crippen molar-refractivity contribution in [2.75, 3.05) is 21.1 Å². The molecule has 0 spiro atoms. The molecule has 6 nitrogen and oxygen atoms in total. The van der Waals surface area contributed by atoms with Gasteiger partial charge < -0.3 is 21.5 Å². The summed E-state index contributed by atoms with van der Waals surface area (Å²) in [6.45, 7) is 0.628. The third-order valence-corrected chi connectivity index (χ3v) is 4.89. The van der Waals surface area contributed by atoms with E-state index in [-0.39, 0.29) is 22.7 Å². The van der Waals surface area contributed by atoms with Gasteiger partial charge in [0.25, 0.3) is 5.56 Å². The molecule has 0 aliphatic carbocycles. The number of alkyl halides is 3. The summed E-state index contributed by atoms with van der Waals surface area (Å²) in [6, 6.07) is 5.31. The molecule has 0 amide bonds. The number of hydrogen-bond acceptors (Lipinski definition) is 4. The lowest BCUT2D eigenvalue weighted by atomic mass is 10.2. The Kier molecular flexibility index (Phi) is 5.94. The molecule has 0 N–H and O–H groups in total. The van der Waals surface area contributed by atoms with E-state index in [2.05, 4.69) is 4.37 Å². The number of benzene rings is 1. The normalized spacial score (nSPS) is 12.2. The minimum absolute atomic E-state index is 0. The highest BCUT2D eigenvalue weighted by Crippen LogP contribution is 2.28. The molecule has 0 bridgehead atoms. The number of hydrogen-bond donors (Lipinski definition) is 0. The van der Waals surface area contributed by atoms with Crippen molar-refractivity contribution in [2.45, 2.75) is 12.7 Å². The highest BCUT2D eigenvalue weighted by Gasteiger charge is 2.35. The first-order valence-corrected chi connectivity index (χ1v) is 8.75. The lowest BCUT2D eigenvalue weighted by Crippen LogP contribution is -3.00. The van der Waals surface area contributed by atoms with Crippen molar-refractivity contribution in [1.82, 2.24) is 13.5 Å². The third-order valence-electron chi connectivity index (χ3n) is 4.02. The average Bonchev–Trinajstić information content (AvgIpc) is 2.90. The van der Waals surface area contributed by atoms with Crippen LogP contribution in [0.15, 0.2) is 33.9 Å². The highest BCUT2D eigenvalue weighted by atomic mass is 79.9. The van der Waals surface area contributed by atoms with Crippen molar-refractivity contribution in [1.29, 1.82) is 0 Å². The summed E-state index contributed by atoms with van der Waals surface area (Å²) in [5, 5.41) is 0.777. The summed E-state index contributed by atoms with van der Waals surface area (Å²) < 4.78 is 46.1. The fraction of sp³-hybridized carbons (Fsp3) is 0.353. The minimum atomic E-state index is -4.79. The van der Waals surface area contributed by atoms with Gasteiger partial charge >= 0.3 is 11.9 Å². The maximum Gasteiger partial charge on any atom is 0.431 e. The number of halogens is 4. The van der Waals surface area contributed by atoms with Gasteiger partial charge in [-0.3, -0.25) is 9.36 Å². The molecule has 152 valence electrons. The fourth-order valence-corrected chi connectivity index (χ4v) is 3.58. The second-order valence-electron chi connectivity index (χ2n) is 7.30. The van der Waals surface area contributed by atoms with Crippen LogP contribution in [0.4, 0.5) is 13.2 Å². The molecule has 2 aromatic heterocycles. The predicted octanol–water partition coefficient (Wildman–Crippen LogP) is -0.625. The summed E-state index contributed by atoms with van der Waals surface area (Å²) in [5.74, 6) is 0. The Balaban J connectivity index is 0.00000280. The van der Waals surface area contributed by atoms with E-state index in [9.17, 15) is 22.8 Å². The van der Waals surface area contributed by atoms with Crippen LogP contribution in [0.5, 0.6) is 0 Å². The Morgan fingerprint density at radius 2 is 1.79 bits per heavy atom. The molecular formula is C17H18BrF3N4O2S. The van der Waals surface area contributed by atoms with E-state index in [0.29, 0.717) is 21.7 Å². The number of fused-ring (bicyclic) bond motifs is 1. The van der Waals surface area contributed by atoms with E-state index in [4.69, 9.17) is 0 Å². The maximum atomic E-state index is 13.0. The van der Waals surface area contributed by atoms with Crippen molar-refractivity contribution < 1.29 is 34.6 Å². The van der Waals surface area contributed by atoms with E-state index in [1.54, 1.807) is 12.1 Å². The summed E-state index contributed by atoms with van der Waals surface area (Å²) >= 11 is 1.30. The summed E-state index contributed by atoms with van der Waals surface area (Å²) in [5.41, 5.74) is -2.34. The van der Waals surface area contributed by atoms with Crippen LogP contribution < -0.4 is 28.2 Å². The van der Waals surface area contributed by atoms with Crippen LogP contribution in [0.3, 0.4) is 0 Å². The fourth-order valence-electron chi connectivity index (χ4n) is 2.81. The van der Waals surface area contributed by atoms with Gasteiger partial charge in [-0.2, -0.15) is 17.5 Å². The Labute approximate surface area is 173 Å². The molecule has 0 saturated heterocycles. The van der Waals surface area contributed by atoms with Crippen molar-refractivity contribution >= 4 is 21.6 Å². The van der Waals surface area contributed by atoms with Crippen LogP contribution in [0, 0.1) is 0 Å². The Morgan fingerprint density at radius 3 is 2.36 bits per heavy atom. The second kappa shape index (κ2) is 7.45. The van der Waals surface area contributed by atoms with E-state index in [1.807, 2.05) is 21.1 Å². The van der Waals surface area contributed by atoms with Crippen LogP contribution >= 0.6 is 11.5 Å². The minimum Gasteiger partial charge on any atom is -1.00 e. The van der Waals surface area contributed by atoms with Gasteiger partial charge in [-0.05, 0) is 29.7 Å². The van der Waals surface area contributed by atoms with E-state index < -0.39 is 23.1 Å². The van der Waals surface area contributed by atoms with E-state index in [1.165, 1.54) is 17.6 Å². The molecule has 1 aromatic carbocycles. The van der Waals surface area contributed by atoms with Crippen LogP contribution in [-0.4, -0.2) is 39.1 Å². The van der Waals surface area contributed by atoms with Crippen molar-refractivity contribution in [3.05, 3.63) is 56.5 Å². The van der Waals surface area contributed by atoms with Gasteiger partial charge in [-0.1, -0.05) is 0 Å². The zero-order valence-electron chi connectivity index (χ0n) is 15.5. The Morgan fingerprint density at radius 1 is 1.14 bits per heavy atom. The van der Waals surface area contributed by atoms with Gasteiger partial charge in [-0.25, -0.2) is 9.36 Å². The topological polar surface area (TPSA) is 56.9 Å². The standard InChI is InChI=1S/C17H18F3N4O2S.BrH/c1-22-14(17(18,19)20)8-15(25)23(16(22)26)10-5-6-13-11(7-10)12(21-27-13)9-24(2,3)4;/h5-8H,9H2,1-4H3;1H/q+1;/p-1. The number of rotatable bonds is 3. The van der Waals surface area contributed by atoms with Gasteiger partial charge in [0, 0.05) is 18.5 Å². The predicted molar refractivity (Wildman–Crippen MR) is 97.2 cm³/mol. The molecule has 3 rings (SSSR count). The third kappa shape index (κ3) is 4.20. The zero-order chi connectivity index (χ0) is 20.1. The molecular weight excluding hydrogens is 461 g/mol. The molecule has 28 heavy (non-hydrogen) atoms. The molecule has 0 aliphatic heterocycles. The number of nitrogens with zero attached hydrogens (tertiary/aromatic N) is 4. The quantitative estimate of drug-likeness (QED) is 0.471. The highest BCUT2D eigenvalue weighted by molar-refractivity contribution is 7.13. The van der Waals surface area contributed by atoms with E-state index >= 15 is 0 Å². The molecule has 0 radical (unpaired) electrons. The van der Waals surface area contributed by atoms with Crippen LogP contribution in [0.2, 0.25) is 0 Å². The number of aromatic nitrogens is 3. The Bertz CT molecular complexity index is 1140. The second-order valence-corrected chi connectivity index (χ2v) is 8.11. The van der Waals surface area contributed by atoms with Gasteiger partial charge in [0.1, 0.15) is 17.9 Å². The molecule has 0 unspecified atom stereocenters. The van der Waals surface area contributed by atoms with Crippen molar-refractivity contribution in [3.63, 3.8) is 0 Å². The zero-order valence-corrected chi connectivity index (χ0v) is 17.9. The lowest BCUT2D eigenvalue weighted by molar-refractivity contribution is -0.884. The first-order valence-electron chi connectivity index (χ1n) is 7.98. The van der Waals surface area contributed by atoms with Crippen LogP contribution in [-0.2, 0) is 19.8 Å². The number of quaternary nitrogens is 1. The van der Waals surface area contributed by atoms with Crippen molar-refractivity contribution in [2.24, 2.45) is 7.05 Å². The van der Waals surface area contributed by atoms with Crippen molar-refractivity contribution in [3.8, 4) is 5.69 Å². The molecule has 3 aromatic rings. The molecule has 0 fully saturated rings. The first-order chi connectivity index (χ1) is 12.4. The SMILES string of the molecule is Cn1c(C(F)(F)F)cc(=O)n(-c2ccc3snc(C[N+](C)(C)C)c3c2)c1=O.[Br-]. The van der Waals surface area contributed by atoms with Crippen LogP contribution in [0.25, 0.3) is 15.8 Å². The van der Waals surface area contributed by atoms with Gasteiger partial charge in [0.2, 0.25) is 0 Å². The largest absolute Gasteiger partial charge is 1.00 e. The average molecular weight is 479 g/mol. The maximum absolute atomic E-state index is 13.0. The van der Waals surface area contributed by atoms with E-state index in [0.717, 1.165) is 27.4 Å². The van der Waals surface area contributed by atoms with Crippen LogP contribution in [0.1, 0.15) is 11.4 Å². The van der Waals surface area contributed by atoms with Gasteiger partial charge in [0.15, 0.2) is 0 Å². The monoisotopic (exact) mass is 478 g/mol. The summed E-state index contributed by atoms with van der Waals surface area (Å²) in [7, 11) is 7.01. The molecule has 0 aliphatic rings. The first kappa shape index (κ1) is 22.3.